The monoisotopic (exact) mass is 496 g/mol. The quantitative estimate of drug-likeness (QED) is 0.537. The molecule has 0 aliphatic carbocycles. The molecule has 2 aliphatic heterocycles. The lowest BCUT2D eigenvalue weighted by Gasteiger charge is -2.31. The van der Waals surface area contributed by atoms with E-state index in [9.17, 15) is 8.42 Å². The van der Waals surface area contributed by atoms with Crippen LogP contribution >= 0.6 is 23.4 Å². The topological polar surface area (TPSA) is 67.9 Å². The lowest BCUT2D eigenvalue weighted by molar-refractivity contribution is 0.0414. The standard InChI is InChI=1S/C23H29ClN2O4S2/c1-31-13-5-4-11-25-20-9-8-19(24)14-22(20)32(27,28)26-15-18-6-2-3-7-21(18)30-23(16-26)10-12-29-17-23/h2-3,6-9,14,25H,4-5,10-13,15-17H2,1H3. The number of unbranched alkanes of at least 4 members (excludes halogenated alkanes) is 1. The van der Waals surface area contributed by atoms with Crippen LogP contribution in [0.25, 0.3) is 0 Å². The minimum absolute atomic E-state index is 0.198. The van der Waals surface area contributed by atoms with E-state index in [1.165, 1.54) is 10.4 Å². The Hall–Kier alpha value is -1.45. The molecule has 174 valence electrons. The normalized spacial score (nSPS) is 21.2. The first-order valence-electron chi connectivity index (χ1n) is 10.8. The van der Waals surface area contributed by atoms with Crippen LogP contribution in [0.1, 0.15) is 24.8 Å². The molecule has 4 rings (SSSR count). The summed E-state index contributed by atoms with van der Waals surface area (Å²) < 4.78 is 41.3. The number of para-hydroxylation sites is 1. The van der Waals surface area contributed by atoms with Crippen LogP contribution in [0.5, 0.6) is 5.75 Å². The highest BCUT2D eigenvalue weighted by molar-refractivity contribution is 7.98. The van der Waals surface area contributed by atoms with Crippen molar-refractivity contribution < 1.29 is 17.9 Å². The van der Waals surface area contributed by atoms with Gasteiger partial charge in [0.05, 0.1) is 25.4 Å². The van der Waals surface area contributed by atoms with Gasteiger partial charge in [-0.05, 0) is 49.1 Å². The van der Waals surface area contributed by atoms with Crippen molar-refractivity contribution in [2.24, 2.45) is 0 Å². The fourth-order valence-electron chi connectivity index (χ4n) is 4.12. The molecule has 2 heterocycles. The fraction of sp³-hybridized carbons (Fsp3) is 0.478. The number of anilines is 1. The summed E-state index contributed by atoms with van der Waals surface area (Å²) in [5.41, 5.74) is 0.728. The molecule has 1 unspecified atom stereocenters. The van der Waals surface area contributed by atoms with Crippen molar-refractivity contribution in [1.82, 2.24) is 4.31 Å². The summed E-state index contributed by atoms with van der Waals surface area (Å²) in [5.74, 6) is 1.80. The molecule has 0 radical (unpaired) electrons. The third kappa shape index (κ3) is 5.20. The molecule has 1 atom stereocenters. The zero-order chi connectivity index (χ0) is 22.6. The molecule has 1 N–H and O–H groups in total. The van der Waals surface area contributed by atoms with Crippen molar-refractivity contribution in [3.63, 3.8) is 0 Å². The molecule has 32 heavy (non-hydrogen) atoms. The van der Waals surface area contributed by atoms with Gasteiger partial charge in [0.25, 0.3) is 0 Å². The summed E-state index contributed by atoms with van der Waals surface area (Å²) in [6.07, 6.45) is 4.77. The molecular formula is C23H29ClN2O4S2. The third-order valence-electron chi connectivity index (χ3n) is 5.83. The molecule has 0 amide bonds. The molecule has 2 aromatic carbocycles. The van der Waals surface area contributed by atoms with Crippen LogP contribution in [0.4, 0.5) is 5.69 Å². The van der Waals surface area contributed by atoms with E-state index in [0.717, 1.165) is 24.2 Å². The first kappa shape index (κ1) is 23.7. The van der Waals surface area contributed by atoms with Crippen molar-refractivity contribution in [1.29, 1.82) is 0 Å². The Kier molecular flexibility index (Phi) is 7.57. The van der Waals surface area contributed by atoms with Gasteiger partial charge in [-0.3, -0.25) is 0 Å². The molecule has 1 spiro atoms. The number of hydrogen-bond acceptors (Lipinski definition) is 6. The summed E-state index contributed by atoms with van der Waals surface area (Å²) >= 11 is 8.05. The molecule has 2 aromatic rings. The van der Waals surface area contributed by atoms with E-state index >= 15 is 0 Å². The zero-order valence-electron chi connectivity index (χ0n) is 18.2. The summed E-state index contributed by atoms with van der Waals surface area (Å²) in [5, 5.41) is 3.70. The number of halogens is 1. The first-order chi connectivity index (χ1) is 15.4. The molecule has 0 aromatic heterocycles. The minimum atomic E-state index is -3.85. The van der Waals surface area contributed by atoms with Crippen molar-refractivity contribution in [3.8, 4) is 5.75 Å². The predicted octanol–water partition coefficient (Wildman–Crippen LogP) is 4.64. The molecular weight excluding hydrogens is 468 g/mol. The highest BCUT2D eigenvalue weighted by Crippen LogP contribution is 2.37. The van der Waals surface area contributed by atoms with E-state index in [1.54, 1.807) is 12.1 Å². The number of hydrogen-bond donors (Lipinski definition) is 1. The maximum absolute atomic E-state index is 13.9. The zero-order valence-corrected chi connectivity index (χ0v) is 20.6. The van der Waals surface area contributed by atoms with Gasteiger partial charge in [-0.1, -0.05) is 29.8 Å². The number of rotatable bonds is 8. The predicted molar refractivity (Wildman–Crippen MR) is 130 cm³/mol. The Morgan fingerprint density at radius 3 is 2.84 bits per heavy atom. The average Bonchev–Trinajstić information content (AvgIpc) is 3.15. The third-order valence-corrected chi connectivity index (χ3v) is 8.59. The minimum Gasteiger partial charge on any atom is -0.483 e. The van der Waals surface area contributed by atoms with E-state index < -0.39 is 15.6 Å². The van der Waals surface area contributed by atoms with E-state index in [0.29, 0.717) is 42.6 Å². The number of sulfonamides is 1. The van der Waals surface area contributed by atoms with Crippen molar-refractivity contribution in [2.75, 3.05) is 43.6 Å². The van der Waals surface area contributed by atoms with Crippen LogP contribution in [-0.4, -0.2) is 56.6 Å². The molecule has 1 saturated heterocycles. The smallest absolute Gasteiger partial charge is 0.245 e. The Labute approximate surface area is 199 Å². The summed E-state index contributed by atoms with van der Waals surface area (Å²) in [6.45, 7) is 2.08. The molecule has 1 fully saturated rings. The number of nitrogens with zero attached hydrogens (tertiary/aromatic N) is 1. The van der Waals surface area contributed by atoms with Gasteiger partial charge in [0.15, 0.2) is 0 Å². The van der Waals surface area contributed by atoms with Gasteiger partial charge in [0.2, 0.25) is 10.0 Å². The highest BCUT2D eigenvalue weighted by Gasteiger charge is 2.45. The largest absolute Gasteiger partial charge is 0.483 e. The number of ether oxygens (including phenoxy) is 2. The van der Waals surface area contributed by atoms with Crippen molar-refractivity contribution in [3.05, 3.63) is 53.1 Å². The second kappa shape index (κ2) is 10.2. The molecule has 2 aliphatic rings. The first-order valence-corrected chi connectivity index (χ1v) is 14.0. The van der Waals surface area contributed by atoms with Crippen LogP contribution in [0.2, 0.25) is 5.02 Å². The van der Waals surface area contributed by atoms with Crippen LogP contribution in [0.15, 0.2) is 47.4 Å². The van der Waals surface area contributed by atoms with Crippen LogP contribution in [0.3, 0.4) is 0 Å². The second-order valence-corrected chi connectivity index (χ2v) is 11.6. The SMILES string of the molecule is CSCCCCNc1ccc(Cl)cc1S(=O)(=O)N1Cc2ccccc2OC2(CCOC2)C1. The Balaban J connectivity index is 1.65. The van der Waals surface area contributed by atoms with E-state index in [-0.39, 0.29) is 18.0 Å². The molecule has 6 nitrogen and oxygen atoms in total. The fourth-order valence-corrected chi connectivity index (χ4v) is 6.54. The van der Waals surface area contributed by atoms with Gasteiger partial charge in [-0.2, -0.15) is 16.1 Å². The van der Waals surface area contributed by atoms with Gasteiger partial charge < -0.3 is 14.8 Å². The van der Waals surface area contributed by atoms with Gasteiger partial charge in [0, 0.05) is 30.1 Å². The van der Waals surface area contributed by atoms with Crippen molar-refractivity contribution in [2.45, 2.75) is 36.3 Å². The average molecular weight is 497 g/mol. The van der Waals surface area contributed by atoms with Crippen molar-refractivity contribution >= 4 is 39.1 Å². The van der Waals surface area contributed by atoms with Gasteiger partial charge in [0.1, 0.15) is 16.2 Å². The maximum atomic E-state index is 13.9. The Bertz CT molecular complexity index is 1040. The lowest BCUT2D eigenvalue weighted by atomic mass is 10.0. The van der Waals surface area contributed by atoms with E-state index in [4.69, 9.17) is 21.1 Å². The summed E-state index contributed by atoms with van der Waals surface area (Å²) in [7, 11) is -3.85. The maximum Gasteiger partial charge on any atom is 0.245 e. The summed E-state index contributed by atoms with van der Waals surface area (Å²) in [4.78, 5) is 0.198. The second-order valence-electron chi connectivity index (χ2n) is 8.24. The number of fused-ring (bicyclic) bond motifs is 1. The van der Waals surface area contributed by atoms with E-state index in [1.807, 2.05) is 36.0 Å². The molecule has 0 bridgehead atoms. The Morgan fingerprint density at radius 1 is 1.22 bits per heavy atom. The van der Waals surface area contributed by atoms with Crippen LogP contribution in [-0.2, 0) is 21.3 Å². The number of thioether (sulfide) groups is 1. The Morgan fingerprint density at radius 2 is 2.06 bits per heavy atom. The summed E-state index contributed by atoms with van der Waals surface area (Å²) in [6, 6.07) is 12.6. The van der Waals surface area contributed by atoms with Gasteiger partial charge in [-0.25, -0.2) is 8.42 Å². The number of benzene rings is 2. The molecule has 9 heteroatoms. The highest BCUT2D eigenvalue weighted by atomic mass is 35.5. The molecule has 0 saturated carbocycles. The number of nitrogens with one attached hydrogen (secondary N) is 1. The van der Waals surface area contributed by atoms with Crippen LogP contribution in [0, 0.1) is 0 Å². The van der Waals surface area contributed by atoms with Gasteiger partial charge >= 0.3 is 0 Å². The van der Waals surface area contributed by atoms with E-state index in [2.05, 4.69) is 11.6 Å². The lowest BCUT2D eigenvalue weighted by Crippen LogP contribution is -2.48. The van der Waals surface area contributed by atoms with Gasteiger partial charge in [-0.15, -0.1) is 0 Å². The van der Waals surface area contributed by atoms with Crippen LogP contribution < -0.4 is 10.1 Å².